The van der Waals surface area contributed by atoms with Gasteiger partial charge in [0.1, 0.15) is 29.8 Å². The molecule has 0 saturated carbocycles. The van der Waals surface area contributed by atoms with Crippen LogP contribution in [-0.2, 0) is 33.4 Å². The number of rotatable bonds is 6. The van der Waals surface area contributed by atoms with Crippen molar-refractivity contribution in [1.29, 1.82) is 0 Å². The van der Waals surface area contributed by atoms with E-state index in [2.05, 4.69) is 26.1 Å². The van der Waals surface area contributed by atoms with Crippen LogP contribution in [0.5, 0.6) is 0 Å². The number of esters is 1. The van der Waals surface area contributed by atoms with E-state index in [4.69, 9.17) is 14.2 Å². The van der Waals surface area contributed by atoms with E-state index in [1.807, 2.05) is 42.5 Å². The first-order valence-corrected chi connectivity index (χ1v) is 16.4. The Labute approximate surface area is 270 Å². The molecular formula is C32H39BrN4O8. The molecule has 12 nitrogen and oxygen atoms in total. The van der Waals surface area contributed by atoms with E-state index >= 15 is 0 Å². The number of allylic oxidation sites excluding steroid dienone is 1. The number of nitrogens with one attached hydrogen (secondary N) is 1. The van der Waals surface area contributed by atoms with Gasteiger partial charge in [0, 0.05) is 50.2 Å². The second-order valence-electron chi connectivity index (χ2n) is 12.0. The quantitative estimate of drug-likeness (QED) is 0.328. The summed E-state index contributed by atoms with van der Waals surface area (Å²) in [5.41, 5.74) is -0.719. The average molecular weight is 688 g/mol. The first-order chi connectivity index (χ1) is 21.8. The number of amides is 3. The molecule has 13 heteroatoms. The largest absolute Gasteiger partial charge is 0.455 e. The number of nitrogens with zero attached hydrogens (tertiary/aromatic N) is 3. The molecule has 1 aromatic rings. The first-order valence-electron chi connectivity index (χ1n) is 15.6. The van der Waals surface area contributed by atoms with E-state index in [-0.39, 0.29) is 44.5 Å². The van der Waals surface area contributed by atoms with Crippen LogP contribution in [0.1, 0.15) is 24.5 Å². The number of ether oxygens (including phenoxy) is 3. The van der Waals surface area contributed by atoms with Crippen molar-refractivity contribution in [2.75, 3.05) is 65.6 Å². The Kier molecular flexibility index (Phi) is 9.71. The molecule has 3 fully saturated rings. The van der Waals surface area contributed by atoms with Gasteiger partial charge in [-0.2, -0.15) is 0 Å². The molecule has 0 aromatic heterocycles. The smallest absolute Gasteiger partial charge is 0.313 e. The summed E-state index contributed by atoms with van der Waals surface area (Å²) in [6.45, 7) is 3.65. The Bertz CT molecular complexity index is 1350. The number of benzene rings is 1. The first kappa shape index (κ1) is 31.9. The molecule has 5 heterocycles. The Balaban J connectivity index is 1.36. The minimum Gasteiger partial charge on any atom is -0.455 e. The van der Waals surface area contributed by atoms with Crippen molar-refractivity contribution < 1.29 is 38.5 Å². The number of likely N-dealkylation sites (tertiary alicyclic amines) is 1. The second kappa shape index (κ2) is 13.7. The Morgan fingerprint density at radius 3 is 2.53 bits per heavy atom. The summed E-state index contributed by atoms with van der Waals surface area (Å²) in [5, 5.41) is 12.9. The Hall–Kier alpha value is -3.10. The number of morpholine rings is 1. The zero-order chi connectivity index (χ0) is 31.6. The maximum atomic E-state index is 14.6. The lowest BCUT2D eigenvalue weighted by atomic mass is 9.74. The van der Waals surface area contributed by atoms with E-state index in [1.165, 1.54) is 4.90 Å². The van der Waals surface area contributed by atoms with Crippen LogP contribution in [0.3, 0.4) is 0 Å². The topological polar surface area (TPSA) is 138 Å². The van der Waals surface area contributed by atoms with Gasteiger partial charge in [0.25, 0.3) is 0 Å². The Morgan fingerprint density at radius 2 is 1.78 bits per heavy atom. The van der Waals surface area contributed by atoms with Gasteiger partial charge in [-0.05, 0) is 18.1 Å². The van der Waals surface area contributed by atoms with Crippen molar-refractivity contribution in [2.45, 2.75) is 36.7 Å². The molecule has 5 aliphatic rings. The summed E-state index contributed by atoms with van der Waals surface area (Å²) in [4.78, 5) is 60.8. The fraction of sp³-hybridized carbons (Fsp3) is 0.562. The van der Waals surface area contributed by atoms with Crippen molar-refractivity contribution in [3.8, 4) is 0 Å². The highest BCUT2D eigenvalue weighted by Crippen LogP contribution is 2.59. The molecule has 3 saturated heterocycles. The van der Waals surface area contributed by atoms with Crippen LogP contribution >= 0.6 is 15.9 Å². The highest BCUT2D eigenvalue weighted by molar-refractivity contribution is 9.11. The van der Waals surface area contributed by atoms with Gasteiger partial charge >= 0.3 is 5.97 Å². The number of hydrogen-bond donors (Lipinski definition) is 2. The molecule has 0 radical (unpaired) electrons. The highest BCUT2D eigenvalue weighted by Gasteiger charge is 2.74. The lowest BCUT2D eigenvalue weighted by molar-refractivity contribution is -0.160. The second-order valence-corrected chi connectivity index (χ2v) is 12.9. The highest BCUT2D eigenvalue weighted by atomic mass is 79.9. The van der Waals surface area contributed by atoms with Gasteiger partial charge in [-0.25, -0.2) is 0 Å². The number of fused-ring (bicyclic) bond motifs is 2. The van der Waals surface area contributed by atoms with Crippen molar-refractivity contribution in [1.82, 2.24) is 20.0 Å². The van der Waals surface area contributed by atoms with Gasteiger partial charge in [0.15, 0.2) is 0 Å². The summed E-state index contributed by atoms with van der Waals surface area (Å²) >= 11 is 3.56. The van der Waals surface area contributed by atoms with Crippen LogP contribution in [0.25, 0.3) is 0 Å². The van der Waals surface area contributed by atoms with Gasteiger partial charge in [-0.3, -0.25) is 24.1 Å². The molecule has 6 rings (SSSR count). The van der Waals surface area contributed by atoms with Gasteiger partial charge in [0.2, 0.25) is 17.7 Å². The van der Waals surface area contributed by atoms with E-state index in [9.17, 15) is 24.3 Å². The third kappa shape index (κ3) is 6.20. The zero-order valence-electron chi connectivity index (χ0n) is 25.0. The summed E-state index contributed by atoms with van der Waals surface area (Å²) < 4.78 is 18.6. The van der Waals surface area contributed by atoms with Crippen LogP contribution in [0.15, 0.2) is 53.0 Å². The fourth-order valence-corrected chi connectivity index (χ4v) is 7.84. The zero-order valence-corrected chi connectivity index (χ0v) is 26.6. The van der Waals surface area contributed by atoms with Crippen molar-refractivity contribution in [3.05, 3.63) is 58.6 Å². The molecule has 5 aliphatic heterocycles. The van der Waals surface area contributed by atoms with E-state index in [1.54, 1.807) is 11.0 Å². The SMILES string of the molecule is O=C1CC/C=C\CN(CCN2CCOCC2)C(=O)[C@@H]2N(CCO)C(=O)[C@H]3[C@H](C(=O)O[C@H](c4ccccc4)CN1)[C@H]1O[C@@]23C=C1Br. The molecule has 0 unspecified atom stereocenters. The molecule has 1 spiro atoms. The molecular weight excluding hydrogens is 648 g/mol. The normalized spacial score (nSPS) is 33.6. The molecule has 5 bridgehead atoms. The number of carbonyl (C=O) groups excluding carboxylic acids is 4. The van der Waals surface area contributed by atoms with Crippen LogP contribution in [-0.4, -0.2) is 127 Å². The summed E-state index contributed by atoms with van der Waals surface area (Å²) in [6.07, 6.45) is 4.57. The third-order valence-corrected chi connectivity index (χ3v) is 10.00. The number of carbonyl (C=O) groups is 4. The van der Waals surface area contributed by atoms with Gasteiger partial charge in [-0.1, -0.05) is 58.4 Å². The molecule has 1 aromatic carbocycles. The van der Waals surface area contributed by atoms with Gasteiger partial charge in [-0.15, -0.1) is 0 Å². The van der Waals surface area contributed by atoms with Gasteiger partial charge < -0.3 is 34.4 Å². The minimum atomic E-state index is -1.41. The minimum absolute atomic E-state index is 0.0599. The van der Waals surface area contributed by atoms with Crippen molar-refractivity contribution in [3.63, 3.8) is 0 Å². The van der Waals surface area contributed by atoms with Gasteiger partial charge in [0.05, 0.1) is 32.3 Å². The lowest BCUT2D eigenvalue weighted by Gasteiger charge is -2.36. The third-order valence-electron chi connectivity index (χ3n) is 9.32. The molecule has 242 valence electrons. The average Bonchev–Trinajstić information content (AvgIpc) is 3.64. The van der Waals surface area contributed by atoms with Crippen LogP contribution in [0.4, 0.5) is 0 Å². The van der Waals surface area contributed by atoms with Crippen molar-refractivity contribution in [2.24, 2.45) is 11.8 Å². The van der Waals surface area contributed by atoms with Crippen molar-refractivity contribution >= 4 is 39.6 Å². The lowest BCUT2D eigenvalue weighted by Crippen LogP contribution is -2.57. The summed E-state index contributed by atoms with van der Waals surface area (Å²) in [6, 6.07) is 8.03. The number of halogens is 1. The van der Waals surface area contributed by atoms with Crippen LogP contribution in [0.2, 0.25) is 0 Å². The summed E-state index contributed by atoms with van der Waals surface area (Å²) in [7, 11) is 0. The maximum Gasteiger partial charge on any atom is 0.313 e. The number of aliphatic hydroxyl groups excluding tert-OH is 1. The monoisotopic (exact) mass is 686 g/mol. The molecule has 0 aliphatic carbocycles. The molecule has 3 amide bonds. The molecule has 2 N–H and O–H groups in total. The van der Waals surface area contributed by atoms with Crippen LogP contribution in [0, 0.1) is 11.8 Å². The molecule has 6 atom stereocenters. The fourth-order valence-electron chi connectivity index (χ4n) is 7.11. The van der Waals surface area contributed by atoms with E-state index < -0.39 is 47.6 Å². The predicted octanol–water partition coefficient (Wildman–Crippen LogP) is 0.763. The van der Waals surface area contributed by atoms with E-state index in [0.717, 1.165) is 13.1 Å². The van der Waals surface area contributed by atoms with Crippen LogP contribution < -0.4 is 5.32 Å². The number of hydrogen-bond acceptors (Lipinski definition) is 9. The number of β-amino-alcohol motifs (C(OH)–C–C–N with tert-alkyl or cyclic N) is 1. The number of aliphatic hydroxyl groups is 1. The predicted molar refractivity (Wildman–Crippen MR) is 165 cm³/mol. The standard InChI is InChI=1S/C32H39BrN4O8/c33-22-19-32-26-25(27(22)45-32)31(42)44-23(21-7-3-1-4-8-21)20-34-24(39)9-5-2-6-10-36(12-11-35-14-17-43-18-15-35)30(41)28(32)37(13-16-38)29(26)40/h1-4,6-8,19,23,25-28,38H,5,9-18,20H2,(H,34,39)/b6-2-/t23-,25-,26+,27-,28-,32+/m0/s1. The summed E-state index contributed by atoms with van der Waals surface area (Å²) in [5.74, 6) is -3.65. The number of cyclic esters (lactones) is 1. The molecule has 45 heavy (non-hydrogen) atoms. The Morgan fingerprint density at radius 1 is 1.00 bits per heavy atom. The maximum absolute atomic E-state index is 14.6. The van der Waals surface area contributed by atoms with E-state index in [0.29, 0.717) is 42.8 Å².